The van der Waals surface area contributed by atoms with Gasteiger partial charge in [-0.2, -0.15) is 0 Å². The third kappa shape index (κ3) is 2.14. The monoisotopic (exact) mass is 216 g/mol. The van der Waals surface area contributed by atoms with Gasteiger partial charge in [-0.15, -0.1) is 0 Å². The Labute approximate surface area is 95.3 Å². The molecule has 1 aromatic heterocycles. The van der Waals surface area contributed by atoms with Crippen LogP contribution in [0.3, 0.4) is 0 Å². The van der Waals surface area contributed by atoms with Crippen LogP contribution in [0.2, 0.25) is 0 Å². The Kier molecular flexibility index (Phi) is 3.06. The molecule has 0 fully saturated rings. The van der Waals surface area contributed by atoms with Gasteiger partial charge in [0, 0.05) is 11.6 Å². The standard InChI is InChI=1S/C13H16N2O/c1-3-11(14)12-8-13(16-15-12)10-6-4-5-9(2)7-10/h4-8,11H,3,14H2,1-2H3. The maximum Gasteiger partial charge on any atom is 0.167 e. The molecule has 3 nitrogen and oxygen atoms in total. The second-order valence-electron chi connectivity index (χ2n) is 4.00. The molecule has 0 bridgehead atoms. The lowest BCUT2D eigenvalue weighted by Crippen LogP contribution is -2.08. The van der Waals surface area contributed by atoms with Gasteiger partial charge in [-0.3, -0.25) is 0 Å². The molecule has 0 amide bonds. The lowest BCUT2D eigenvalue weighted by atomic mass is 10.1. The van der Waals surface area contributed by atoms with E-state index in [1.807, 2.05) is 25.1 Å². The molecule has 0 saturated carbocycles. The summed E-state index contributed by atoms with van der Waals surface area (Å²) < 4.78 is 5.30. The average Bonchev–Trinajstić information content (AvgIpc) is 2.77. The van der Waals surface area contributed by atoms with Crippen molar-refractivity contribution in [2.75, 3.05) is 0 Å². The number of hydrogen-bond acceptors (Lipinski definition) is 3. The zero-order valence-electron chi connectivity index (χ0n) is 9.60. The van der Waals surface area contributed by atoms with E-state index in [9.17, 15) is 0 Å². The molecule has 3 heteroatoms. The predicted molar refractivity (Wildman–Crippen MR) is 63.9 cm³/mol. The van der Waals surface area contributed by atoms with Crippen molar-refractivity contribution in [1.29, 1.82) is 0 Å². The van der Waals surface area contributed by atoms with Crippen molar-refractivity contribution in [3.63, 3.8) is 0 Å². The third-order valence-electron chi connectivity index (χ3n) is 2.65. The first-order valence-corrected chi connectivity index (χ1v) is 5.50. The van der Waals surface area contributed by atoms with Crippen LogP contribution in [0.25, 0.3) is 11.3 Å². The summed E-state index contributed by atoms with van der Waals surface area (Å²) in [5, 5.41) is 3.99. The summed E-state index contributed by atoms with van der Waals surface area (Å²) in [7, 11) is 0. The molecule has 2 N–H and O–H groups in total. The van der Waals surface area contributed by atoms with Crippen LogP contribution in [0.1, 0.15) is 30.6 Å². The molecule has 0 aliphatic carbocycles. The highest BCUT2D eigenvalue weighted by Gasteiger charge is 2.11. The fourth-order valence-electron chi connectivity index (χ4n) is 1.61. The minimum atomic E-state index is -0.0395. The van der Waals surface area contributed by atoms with Crippen LogP contribution in [-0.2, 0) is 0 Å². The maximum absolute atomic E-state index is 5.89. The molecular weight excluding hydrogens is 200 g/mol. The first-order valence-electron chi connectivity index (χ1n) is 5.50. The number of aryl methyl sites for hydroxylation is 1. The molecule has 0 radical (unpaired) electrons. The van der Waals surface area contributed by atoms with Crippen molar-refractivity contribution in [3.05, 3.63) is 41.6 Å². The molecule has 1 atom stereocenters. The van der Waals surface area contributed by atoms with E-state index >= 15 is 0 Å². The van der Waals surface area contributed by atoms with E-state index in [-0.39, 0.29) is 6.04 Å². The Bertz CT molecular complexity index is 476. The molecule has 2 aromatic rings. The van der Waals surface area contributed by atoms with Crippen molar-refractivity contribution >= 4 is 0 Å². The second-order valence-corrected chi connectivity index (χ2v) is 4.00. The van der Waals surface area contributed by atoms with Crippen molar-refractivity contribution in [3.8, 4) is 11.3 Å². The molecule has 0 aliphatic rings. The highest BCUT2D eigenvalue weighted by Crippen LogP contribution is 2.23. The lowest BCUT2D eigenvalue weighted by molar-refractivity contribution is 0.415. The Balaban J connectivity index is 2.31. The highest BCUT2D eigenvalue weighted by atomic mass is 16.5. The second kappa shape index (κ2) is 4.49. The zero-order chi connectivity index (χ0) is 11.5. The van der Waals surface area contributed by atoms with Gasteiger partial charge in [0.1, 0.15) is 5.69 Å². The number of nitrogens with two attached hydrogens (primary N) is 1. The lowest BCUT2D eigenvalue weighted by Gasteiger charge is -2.00. The van der Waals surface area contributed by atoms with E-state index in [0.717, 1.165) is 23.4 Å². The van der Waals surface area contributed by atoms with Crippen LogP contribution >= 0.6 is 0 Å². The van der Waals surface area contributed by atoms with Crippen LogP contribution < -0.4 is 5.73 Å². The molecule has 1 heterocycles. The van der Waals surface area contributed by atoms with Gasteiger partial charge in [0.05, 0.1) is 6.04 Å². The predicted octanol–water partition coefficient (Wildman–Crippen LogP) is 3.06. The topological polar surface area (TPSA) is 52.0 Å². The van der Waals surface area contributed by atoms with E-state index in [2.05, 4.69) is 24.2 Å². The Morgan fingerprint density at radius 2 is 2.19 bits per heavy atom. The van der Waals surface area contributed by atoms with Gasteiger partial charge in [-0.1, -0.05) is 35.8 Å². The minimum Gasteiger partial charge on any atom is -0.356 e. The maximum atomic E-state index is 5.89. The first-order chi connectivity index (χ1) is 7.70. The van der Waals surface area contributed by atoms with Crippen molar-refractivity contribution in [2.45, 2.75) is 26.3 Å². The van der Waals surface area contributed by atoms with Gasteiger partial charge in [0.2, 0.25) is 0 Å². The molecule has 0 aliphatic heterocycles. The smallest absolute Gasteiger partial charge is 0.167 e. The van der Waals surface area contributed by atoms with Crippen LogP contribution in [0.5, 0.6) is 0 Å². The van der Waals surface area contributed by atoms with Gasteiger partial charge in [0.25, 0.3) is 0 Å². The van der Waals surface area contributed by atoms with Crippen molar-refractivity contribution in [2.24, 2.45) is 5.73 Å². The van der Waals surface area contributed by atoms with Gasteiger partial charge in [0.15, 0.2) is 5.76 Å². The zero-order valence-corrected chi connectivity index (χ0v) is 9.60. The summed E-state index contributed by atoms with van der Waals surface area (Å²) in [4.78, 5) is 0. The summed E-state index contributed by atoms with van der Waals surface area (Å²) in [6.45, 7) is 4.09. The molecule has 84 valence electrons. The first kappa shape index (κ1) is 10.9. The van der Waals surface area contributed by atoms with E-state index < -0.39 is 0 Å². The Morgan fingerprint density at radius 3 is 2.88 bits per heavy atom. The quantitative estimate of drug-likeness (QED) is 0.857. The van der Waals surface area contributed by atoms with E-state index in [4.69, 9.17) is 10.3 Å². The number of aromatic nitrogens is 1. The largest absolute Gasteiger partial charge is 0.356 e. The number of nitrogens with zero attached hydrogens (tertiary/aromatic N) is 1. The number of hydrogen-bond donors (Lipinski definition) is 1. The Hall–Kier alpha value is -1.61. The van der Waals surface area contributed by atoms with Gasteiger partial charge in [-0.05, 0) is 19.4 Å². The Morgan fingerprint density at radius 1 is 1.38 bits per heavy atom. The summed E-state index contributed by atoms with van der Waals surface area (Å²) in [5.74, 6) is 0.780. The molecule has 1 unspecified atom stereocenters. The highest BCUT2D eigenvalue weighted by molar-refractivity contribution is 5.58. The number of rotatable bonds is 3. The van der Waals surface area contributed by atoms with E-state index in [1.54, 1.807) is 0 Å². The van der Waals surface area contributed by atoms with Crippen LogP contribution in [-0.4, -0.2) is 5.16 Å². The molecule has 0 saturated heterocycles. The summed E-state index contributed by atoms with van der Waals surface area (Å²) in [6, 6.07) is 10.0. The summed E-state index contributed by atoms with van der Waals surface area (Å²) in [6.07, 6.45) is 0.861. The number of benzene rings is 1. The molecular formula is C13H16N2O. The van der Waals surface area contributed by atoms with Crippen molar-refractivity contribution < 1.29 is 4.52 Å². The van der Waals surface area contributed by atoms with E-state index in [1.165, 1.54) is 5.56 Å². The fourth-order valence-corrected chi connectivity index (χ4v) is 1.61. The SMILES string of the molecule is CCC(N)c1cc(-c2cccc(C)c2)on1. The normalized spacial score (nSPS) is 12.7. The van der Waals surface area contributed by atoms with Crippen LogP contribution in [0.15, 0.2) is 34.9 Å². The van der Waals surface area contributed by atoms with Crippen LogP contribution in [0.4, 0.5) is 0 Å². The molecule has 16 heavy (non-hydrogen) atoms. The molecule has 0 spiro atoms. The van der Waals surface area contributed by atoms with Gasteiger partial charge in [-0.25, -0.2) is 0 Å². The third-order valence-corrected chi connectivity index (χ3v) is 2.65. The minimum absolute atomic E-state index is 0.0395. The fraction of sp³-hybridized carbons (Fsp3) is 0.308. The van der Waals surface area contributed by atoms with Crippen molar-refractivity contribution in [1.82, 2.24) is 5.16 Å². The molecule has 1 aromatic carbocycles. The van der Waals surface area contributed by atoms with Gasteiger partial charge < -0.3 is 10.3 Å². The van der Waals surface area contributed by atoms with Crippen LogP contribution in [0, 0.1) is 6.92 Å². The molecule has 2 rings (SSSR count). The van der Waals surface area contributed by atoms with E-state index in [0.29, 0.717) is 0 Å². The summed E-state index contributed by atoms with van der Waals surface area (Å²) in [5.41, 5.74) is 8.96. The average molecular weight is 216 g/mol. The summed E-state index contributed by atoms with van der Waals surface area (Å²) >= 11 is 0. The van der Waals surface area contributed by atoms with Gasteiger partial charge >= 0.3 is 0 Å².